The standard InChI is InChI=1S/C10H15NO3/c1-7-5-8(3-4-14-11)6-9(13-2)10(7)12/h5-6,12H,3-4,11H2,1-2H3. The Morgan fingerprint density at radius 3 is 2.71 bits per heavy atom. The number of ether oxygens (including phenoxy) is 1. The highest BCUT2D eigenvalue weighted by atomic mass is 16.6. The summed E-state index contributed by atoms with van der Waals surface area (Å²) in [5.41, 5.74) is 1.82. The van der Waals surface area contributed by atoms with Crippen LogP contribution in [0.15, 0.2) is 12.1 Å². The van der Waals surface area contributed by atoms with Crippen molar-refractivity contribution in [3.8, 4) is 11.5 Å². The molecule has 0 aliphatic heterocycles. The van der Waals surface area contributed by atoms with Crippen LogP contribution in [0.1, 0.15) is 11.1 Å². The molecule has 0 bridgehead atoms. The average Bonchev–Trinajstić information content (AvgIpc) is 2.19. The van der Waals surface area contributed by atoms with Crippen molar-refractivity contribution in [2.75, 3.05) is 13.7 Å². The molecule has 0 unspecified atom stereocenters. The first-order chi connectivity index (χ1) is 6.69. The predicted molar refractivity (Wildman–Crippen MR) is 53.2 cm³/mol. The fraction of sp³-hybridized carbons (Fsp3) is 0.400. The van der Waals surface area contributed by atoms with Gasteiger partial charge < -0.3 is 14.7 Å². The van der Waals surface area contributed by atoms with Crippen molar-refractivity contribution in [2.45, 2.75) is 13.3 Å². The van der Waals surface area contributed by atoms with Crippen molar-refractivity contribution in [1.82, 2.24) is 0 Å². The zero-order chi connectivity index (χ0) is 10.6. The molecule has 0 aliphatic carbocycles. The lowest BCUT2D eigenvalue weighted by Gasteiger charge is -2.09. The number of phenolic OH excluding ortho intramolecular Hbond substituents is 1. The van der Waals surface area contributed by atoms with Crippen LogP contribution in [0, 0.1) is 6.92 Å². The van der Waals surface area contributed by atoms with Gasteiger partial charge in [-0.25, -0.2) is 5.90 Å². The predicted octanol–water partition coefficient (Wildman–Crippen LogP) is 1.14. The van der Waals surface area contributed by atoms with Crippen LogP contribution in [0.2, 0.25) is 0 Å². The van der Waals surface area contributed by atoms with Crippen molar-refractivity contribution in [3.63, 3.8) is 0 Å². The van der Waals surface area contributed by atoms with E-state index in [-0.39, 0.29) is 5.75 Å². The van der Waals surface area contributed by atoms with E-state index in [0.29, 0.717) is 18.8 Å². The van der Waals surface area contributed by atoms with Crippen LogP contribution in [0.4, 0.5) is 0 Å². The molecule has 0 aliphatic rings. The maximum atomic E-state index is 9.57. The Hall–Kier alpha value is -1.26. The van der Waals surface area contributed by atoms with Gasteiger partial charge in [0.05, 0.1) is 13.7 Å². The SMILES string of the molecule is COc1cc(CCON)cc(C)c1O. The second-order valence-electron chi connectivity index (χ2n) is 3.08. The Kier molecular flexibility index (Phi) is 3.73. The van der Waals surface area contributed by atoms with Gasteiger partial charge in [-0.3, -0.25) is 0 Å². The summed E-state index contributed by atoms with van der Waals surface area (Å²) in [4.78, 5) is 4.49. The lowest BCUT2D eigenvalue weighted by atomic mass is 10.1. The molecule has 4 nitrogen and oxygen atoms in total. The van der Waals surface area contributed by atoms with Gasteiger partial charge in [-0.15, -0.1) is 0 Å². The van der Waals surface area contributed by atoms with Crippen LogP contribution < -0.4 is 10.6 Å². The molecular formula is C10H15NO3. The number of benzene rings is 1. The Bertz CT molecular complexity index is 312. The van der Waals surface area contributed by atoms with Crippen LogP contribution in [-0.2, 0) is 11.3 Å². The van der Waals surface area contributed by atoms with E-state index in [4.69, 9.17) is 10.6 Å². The molecule has 3 N–H and O–H groups in total. The summed E-state index contributed by atoms with van der Waals surface area (Å²) in [7, 11) is 1.53. The van der Waals surface area contributed by atoms with Gasteiger partial charge in [0.25, 0.3) is 0 Å². The number of aryl methyl sites for hydroxylation is 1. The minimum atomic E-state index is 0.185. The van der Waals surface area contributed by atoms with E-state index in [0.717, 1.165) is 11.1 Å². The van der Waals surface area contributed by atoms with E-state index >= 15 is 0 Å². The van der Waals surface area contributed by atoms with Gasteiger partial charge in [0.2, 0.25) is 0 Å². The second kappa shape index (κ2) is 4.83. The third-order valence-corrected chi connectivity index (χ3v) is 2.05. The highest BCUT2D eigenvalue weighted by Gasteiger charge is 2.06. The minimum absolute atomic E-state index is 0.185. The zero-order valence-corrected chi connectivity index (χ0v) is 8.41. The summed E-state index contributed by atoms with van der Waals surface area (Å²) < 4.78 is 5.02. The Balaban J connectivity index is 2.91. The molecule has 0 atom stereocenters. The molecule has 14 heavy (non-hydrogen) atoms. The van der Waals surface area contributed by atoms with E-state index in [9.17, 15) is 5.11 Å². The summed E-state index contributed by atoms with van der Waals surface area (Å²) in [5.74, 6) is 5.60. The summed E-state index contributed by atoms with van der Waals surface area (Å²) in [5, 5.41) is 9.57. The highest BCUT2D eigenvalue weighted by molar-refractivity contribution is 5.47. The van der Waals surface area contributed by atoms with Gasteiger partial charge in [-0.05, 0) is 30.5 Å². The van der Waals surface area contributed by atoms with Crippen molar-refractivity contribution in [1.29, 1.82) is 0 Å². The first-order valence-electron chi connectivity index (χ1n) is 4.37. The Morgan fingerprint density at radius 2 is 2.14 bits per heavy atom. The zero-order valence-electron chi connectivity index (χ0n) is 8.41. The molecule has 0 amide bonds. The van der Waals surface area contributed by atoms with Crippen molar-refractivity contribution in [2.24, 2.45) is 5.90 Å². The topological polar surface area (TPSA) is 64.7 Å². The first-order valence-corrected chi connectivity index (χ1v) is 4.37. The molecule has 1 aromatic carbocycles. The van der Waals surface area contributed by atoms with Crippen LogP contribution >= 0.6 is 0 Å². The fourth-order valence-corrected chi connectivity index (χ4v) is 1.30. The number of hydrogen-bond acceptors (Lipinski definition) is 4. The van der Waals surface area contributed by atoms with Crippen molar-refractivity contribution >= 4 is 0 Å². The number of nitrogens with two attached hydrogens (primary N) is 1. The third-order valence-electron chi connectivity index (χ3n) is 2.05. The fourth-order valence-electron chi connectivity index (χ4n) is 1.30. The number of methoxy groups -OCH3 is 1. The molecule has 0 radical (unpaired) electrons. The Labute approximate surface area is 83.2 Å². The minimum Gasteiger partial charge on any atom is -0.504 e. The van der Waals surface area contributed by atoms with Crippen LogP contribution in [0.25, 0.3) is 0 Å². The van der Waals surface area contributed by atoms with Crippen LogP contribution in [0.5, 0.6) is 11.5 Å². The van der Waals surface area contributed by atoms with Gasteiger partial charge >= 0.3 is 0 Å². The van der Waals surface area contributed by atoms with Crippen LogP contribution in [0.3, 0.4) is 0 Å². The summed E-state index contributed by atoms with van der Waals surface area (Å²) in [6, 6.07) is 3.66. The molecule has 0 saturated heterocycles. The third kappa shape index (κ3) is 2.37. The van der Waals surface area contributed by atoms with E-state index in [1.54, 1.807) is 6.07 Å². The number of hydrogen-bond donors (Lipinski definition) is 2. The van der Waals surface area contributed by atoms with Gasteiger partial charge in [0.1, 0.15) is 0 Å². The van der Waals surface area contributed by atoms with Gasteiger partial charge in [-0.1, -0.05) is 6.07 Å². The lowest BCUT2D eigenvalue weighted by molar-refractivity contribution is 0.141. The normalized spacial score (nSPS) is 10.2. The molecule has 4 heteroatoms. The molecule has 0 saturated carbocycles. The highest BCUT2D eigenvalue weighted by Crippen LogP contribution is 2.30. The monoisotopic (exact) mass is 197 g/mol. The molecule has 0 heterocycles. The quantitative estimate of drug-likeness (QED) is 0.710. The summed E-state index contributed by atoms with van der Waals surface area (Å²) in [6.45, 7) is 2.28. The number of rotatable bonds is 4. The van der Waals surface area contributed by atoms with E-state index in [2.05, 4.69) is 4.84 Å². The molecule has 0 fully saturated rings. The summed E-state index contributed by atoms with van der Waals surface area (Å²) >= 11 is 0. The van der Waals surface area contributed by atoms with E-state index < -0.39 is 0 Å². The molecule has 0 spiro atoms. The Morgan fingerprint density at radius 1 is 1.43 bits per heavy atom. The molecular weight excluding hydrogens is 182 g/mol. The maximum Gasteiger partial charge on any atom is 0.161 e. The molecule has 1 rings (SSSR count). The average molecular weight is 197 g/mol. The van der Waals surface area contributed by atoms with E-state index in [1.165, 1.54) is 7.11 Å². The number of aromatic hydroxyl groups is 1. The van der Waals surface area contributed by atoms with Gasteiger partial charge in [-0.2, -0.15) is 0 Å². The lowest BCUT2D eigenvalue weighted by Crippen LogP contribution is -2.04. The maximum absolute atomic E-state index is 9.57. The summed E-state index contributed by atoms with van der Waals surface area (Å²) in [6.07, 6.45) is 0.702. The van der Waals surface area contributed by atoms with Crippen molar-refractivity contribution in [3.05, 3.63) is 23.3 Å². The molecule has 0 aromatic heterocycles. The second-order valence-corrected chi connectivity index (χ2v) is 3.08. The first kappa shape index (κ1) is 10.8. The van der Waals surface area contributed by atoms with Crippen molar-refractivity contribution < 1.29 is 14.7 Å². The van der Waals surface area contributed by atoms with Gasteiger partial charge in [0.15, 0.2) is 11.5 Å². The molecule has 78 valence electrons. The van der Waals surface area contributed by atoms with Crippen LogP contribution in [-0.4, -0.2) is 18.8 Å². The van der Waals surface area contributed by atoms with E-state index in [1.807, 2.05) is 13.0 Å². The smallest absolute Gasteiger partial charge is 0.161 e. The van der Waals surface area contributed by atoms with Gasteiger partial charge in [0, 0.05) is 0 Å². The number of phenols is 1. The largest absolute Gasteiger partial charge is 0.504 e. The molecule has 1 aromatic rings.